The zero-order valence-corrected chi connectivity index (χ0v) is 11.0. The number of hydrogen-bond acceptors (Lipinski definition) is 0. The number of benzene rings is 2. The Morgan fingerprint density at radius 3 is 1.27 bits per heavy atom. The van der Waals surface area contributed by atoms with Crippen LogP contribution in [0.5, 0.6) is 0 Å². The van der Waals surface area contributed by atoms with E-state index in [0.29, 0.717) is 0 Å². The van der Waals surface area contributed by atoms with Gasteiger partial charge in [-0.3, -0.25) is 0 Å². The molecule has 76 valence electrons. The first-order valence-corrected chi connectivity index (χ1v) is 4.65. The van der Waals surface area contributed by atoms with E-state index in [0.717, 1.165) is 0 Å². The minimum atomic E-state index is 0. The molecule has 0 aromatic heterocycles. The second-order valence-corrected chi connectivity index (χ2v) is 3.09. The molecule has 0 saturated heterocycles. The van der Waals surface area contributed by atoms with Crippen molar-refractivity contribution in [3.8, 4) is 0 Å². The molecule has 0 amide bonds. The first-order chi connectivity index (χ1) is 6.79. The van der Waals surface area contributed by atoms with E-state index >= 15 is 0 Å². The molecule has 0 aliphatic carbocycles. The second-order valence-electron chi connectivity index (χ2n) is 3.09. The SMILES string of the molecule is Cc1[c-]cccc1.Cc1[c-]cccc1.[Mo+2]. The van der Waals surface area contributed by atoms with Gasteiger partial charge in [0.2, 0.25) is 0 Å². The topological polar surface area (TPSA) is 0 Å². The minimum absolute atomic E-state index is 0. The summed E-state index contributed by atoms with van der Waals surface area (Å²) >= 11 is 0. The van der Waals surface area contributed by atoms with Crippen LogP contribution in [0.4, 0.5) is 0 Å². The molecule has 0 unspecified atom stereocenters. The van der Waals surface area contributed by atoms with E-state index in [1.165, 1.54) is 11.1 Å². The van der Waals surface area contributed by atoms with E-state index in [1.807, 2.05) is 62.4 Å². The minimum Gasteiger partial charge on any atom is -0.181 e. The van der Waals surface area contributed by atoms with Gasteiger partial charge in [0.1, 0.15) is 0 Å². The largest absolute Gasteiger partial charge is 2.00 e. The first-order valence-electron chi connectivity index (χ1n) is 4.65. The van der Waals surface area contributed by atoms with E-state index in [2.05, 4.69) is 12.1 Å². The molecule has 0 fully saturated rings. The van der Waals surface area contributed by atoms with E-state index in [9.17, 15) is 0 Å². The Labute approximate surface area is 107 Å². The third kappa shape index (κ3) is 7.10. The summed E-state index contributed by atoms with van der Waals surface area (Å²) in [5.74, 6) is 0. The molecule has 1 heteroatoms. The predicted molar refractivity (Wildman–Crippen MR) is 60.0 cm³/mol. The quantitative estimate of drug-likeness (QED) is 0.510. The summed E-state index contributed by atoms with van der Waals surface area (Å²) in [6.45, 7) is 4.06. The fourth-order valence-electron chi connectivity index (χ4n) is 0.966. The van der Waals surface area contributed by atoms with Gasteiger partial charge in [0.05, 0.1) is 0 Å². The molecule has 0 bridgehead atoms. The van der Waals surface area contributed by atoms with Crippen molar-refractivity contribution in [2.24, 2.45) is 0 Å². The molecule has 0 aliphatic heterocycles. The third-order valence-corrected chi connectivity index (χ3v) is 1.73. The van der Waals surface area contributed by atoms with Crippen LogP contribution < -0.4 is 0 Å². The maximum Gasteiger partial charge on any atom is 2.00 e. The molecule has 15 heavy (non-hydrogen) atoms. The summed E-state index contributed by atoms with van der Waals surface area (Å²) in [7, 11) is 0. The van der Waals surface area contributed by atoms with Crippen molar-refractivity contribution in [3.05, 3.63) is 71.8 Å². The van der Waals surface area contributed by atoms with Gasteiger partial charge >= 0.3 is 21.1 Å². The number of hydrogen-bond donors (Lipinski definition) is 0. The van der Waals surface area contributed by atoms with Gasteiger partial charge < -0.3 is 0 Å². The zero-order valence-electron chi connectivity index (χ0n) is 9.03. The molecule has 0 saturated carbocycles. The van der Waals surface area contributed by atoms with Gasteiger partial charge in [-0.2, -0.15) is 71.8 Å². The first kappa shape index (κ1) is 14.1. The van der Waals surface area contributed by atoms with E-state index < -0.39 is 0 Å². The van der Waals surface area contributed by atoms with Gasteiger partial charge in [0, 0.05) is 0 Å². The van der Waals surface area contributed by atoms with E-state index in [4.69, 9.17) is 0 Å². The molecule has 2 aromatic rings. The van der Waals surface area contributed by atoms with Gasteiger partial charge in [-0.15, -0.1) is 0 Å². The average molecular weight is 278 g/mol. The third-order valence-electron chi connectivity index (χ3n) is 1.73. The Morgan fingerprint density at radius 1 is 0.733 bits per heavy atom. The Kier molecular flexibility index (Phi) is 7.95. The summed E-state index contributed by atoms with van der Waals surface area (Å²) in [5, 5.41) is 0. The molecule has 0 radical (unpaired) electrons. The van der Waals surface area contributed by atoms with Gasteiger partial charge in [0.25, 0.3) is 0 Å². The van der Waals surface area contributed by atoms with Crippen LogP contribution in [-0.4, -0.2) is 0 Å². The fourth-order valence-corrected chi connectivity index (χ4v) is 0.966. The predicted octanol–water partition coefficient (Wildman–Crippen LogP) is 3.59. The van der Waals surface area contributed by atoms with Gasteiger partial charge in [-0.05, 0) is 0 Å². The summed E-state index contributed by atoms with van der Waals surface area (Å²) in [6, 6.07) is 21.9. The molecule has 2 rings (SSSR count). The molecular formula is C14H14Mo. The van der Waals surface area contributed by atoms with Crippen LogP contribution in [0.2, 0.25) is 0 Å². The molecular weight excluding hydrogens is 264 g/mol. The van der Waals surface area contributed by atoms with Crippen molar-refractivity contribution in [1.82, 2.24) is 0 Å². The van der Waals surface area contributed by atoms with Crippen LogP contribution in [0.1, 0.15) is 11.1 Å². The Bertz CT molecular complexity index is 303. The monoisotopic (exact) mass is 280 g/mol. The van der Waals surface area contributed by atoms with Crippen molar-refractivity contribution in [3.63, 3.8) is 0 Å². The summed E-state index contributed by atoms with van der Waals surface area (Å²) in [6.07, 6.45) is 0. The molecule has 0 spiro atoms. The van der Waals surface area contributed by atoms with Crippen LogP contribution in [0.25, 0.3) is 0 Å². The summed E-state index contributed by atoms with van der Waals surface area (Å²) in [4.78, 5) is 0. The molecule has 0 N–H and O–H groups in total. The van der Waals surface area contributed by atoms with Crippen LogP contribution in [0, 0.1) is 26.0 Å². The van der Waals surface area contributed by atoms with Crippen molar-refractivity contribution < 1.29 is 21.1 Å². The maximum atomic E-state index is 3.03. The van der Waals surface area contributed by atoms with Gasteiger partial charge in [0.15, 0.2) is 0 Å². The summed E-state index contributed by atoms with van der Waals surface area (Å²) < 4.78 is 0. The normalized spacial score (nSPS) is 8.13. The Hall–Kier alpha value is -0.872. The summed E-state index contributed by atoms with van der Waals surface area (Å²) in [5.41, 5.74) is 2.39. The van der Waals surface area contributed by atoms with E-state index in [-0.39, 0.29) is 21.1 Å². The molecule has 0 aliphatic rings. The standard InChI is InChI=1S/2C7H7.Mo/c2*1-7-5-3-2-4-6-7;/h2*2-5H,1H3;/q2*-1;+2. The molecule has 0 nitrogen and oxygen atoms in total. The van der Waals surface area contributed by atoms with Crippen LogP contribution >= 0.6 is 0 Å². The van der Waals surface area contributed by atoms with Crippen LogP contribution in [0.3, 0.4) is 0 Å². The van der Waals surface area contributed by atoms with Crippen LogP contribution in [0.15, 0.2) is 48.5 Å². The average Bonchev–Trinajstić information content (AvgIpc) is 2.21. The van der Waals surface area contributed by atoms with Crippen molar-refractivity contribution in [1.29, 1.82) is 0 Å². The van der Waals surface area contributed by atoms with Crippen molar-refractivity contribution in [2.75, 3.05) is 0 Å². The molecule has 0 atom stereocenters. The smallest absolute Gasteiger partial charge is 0.181 e. The number of aryl methyl sites for hydroxylation is 2. The molecule has 2 aromatic carbocycles. The fraction of sp³-hybridized carbons (Fsp3) is 0.143. The van der Waals surface area contributed by atoms with E-state index in [1.54, 1.807) is 0 Å². The van der Waals surface area contributed by atoms with Gasteiger partial charge in [-0.1, -0.05) is 13.8 Å². The maximum absolute atomic E-state index is 3.03. The zero-order chi connectivity index (χ0) is 10.2. The van der Waals surface area contributed by atoms with Crippen molar-refractivity contribution >= 4 is 0 Å². The van der Waals surface area contributed by atoms with Crippen LogP contribution in [-0.2, 0) is 21.1 Å². The second kappa shape index (κ2) is 8.44. The van der Waals surface area contributed by atoms with Crippen molar-refractivity contribution in [2.45, 2.75) is 13.8 Å². The Balaban J connectivity index is 0.000000245. The molecule has 0 heterocycles. The number of rotatable bonds is 0. The Morgan fingerprint density at radius 2 is 1.13 bits per heavy atom. The van der Waals surface area contributed by atoms with Gasteiger partial charge in [-0.25, -0.2) is 0 Å².